The molecule has 8 heteroatoms. The quantitative estimate of drug-likeness (QED) is 0.508. The van der Waals surface area contributed by atoms with E-state index in [1.165, 1.54) is 23.5 Å². The first kappa shape index (κ1) is 19.6. The van der Waals surface area contributed by atoms with Crippen molar-refractivity contribution in [3.8, 4) is 16.9 Å². The van der Waals surface area contributed by atoms with Crippen LogP contribution in [0.15, 0.2) is 57.5 Å². The normalized spacial score (nSPS) is 12.1. The number of hydrogen-bond donors (Lipinski definition) is 2. The highest BCUT2D eigenvalue weighted by molar-refractivity contribution is 7.91. The smallest absolute Gasteiger partial charge is 0.268 e. The molecule has 0 saturated carbocycles. The van der Waals surface area contributed by atoms with Gasteiger partial charge in [0.2, 0.25) is 0 Å². The molecule has 2 aromatic heterocycles. The number of fused-ring (bicyclic) bond motifs is 3. The largest absolute Gasteiger partial charge is 0.507 e. The highest BCUT2D eigenvalue weighted by Gasteiger charge is 2.19. The molecule has 2 heterocycles. The maximum atomic E-state index is 12.6. The summed E-state index contributed by atoms with van der Waals surface area (Å²) in [7, 11) is -1.78. The number of pyridine rings is 1. The molecule has 0 bridgehead atoms. The molecule has 0 saturated heterocycles. The molecule has 2 N–H and O–H groups in total. The number of aliphatic hydroxyl groups is 1. The van der Waals surface area contributed by atoms with Crippen molar-refractivity contribution < 1.29 is 18.6 Å². The molecule has 0 radical (unpaired) electrons. The molecular weight excluding hydrogens is 410 g/mol. The van der Waals surface area contributed by atoms with Gasteiger partial charge in [0.05, 0.1) is 16.2 Å². The molecule has 0 aliphatic rings. The number of aromatic hydroxyl groups is 1. The van der Waals surface area contributed by atoms with Gasteiger partial charge in [0, 0.05) is 30.0 Å². The van der Waals surface area contributed by atoms with E-state index in [4.69, 9.17) is 5.11 Å². The number of thiophene rings is 1. The number of sulfone groups is 1. The van der Waals surface area contributed by atoms with E-state index in [9.17, 15) is 18.3 Å². The van der Waals surface area contributed by atoms with Crippen molar-refractivity contribution in [2.24, 2.45) is 7.05 Å². The highest BCUT2D eigenvalue weighted by atomic mass is 32.2. The first-order chi connectivity index (χ1) is 13.8. The second kappa shape index (κ2) is 7.29. The molecule has 29 heavy (non-hydrogen) atoms. The summed E-state index contributed by atoms with van der Waals surface area (Å²) >= 11 is 1.35. The molecule has 4 aromatic rings. The zero-order valence-electron chi connectivity index (χ0n) is 15.6. The molecule has 0 aliphatic carbocycles. The Bertz CT molecular complexity index is 1380. The third kappa shape index (κ3) is 3.23. The Kier molecular flexibility index (Phi) is 4.94. The topological polar surface area (TPSA) is 96.6 Å². The fraction of sp³-hybridized carbons (Fsp3) is 0.190. The number of phenols is 1. The van der Waals surface area contributed by atoms with Crippen LogP contribution in [0.5, 0.6) is 5.75 Å². The van der Waals surface area contributed by atoms with Crippen LogP contribution in [0.2, 0.25) is 0 Å². The monoisotopic (exact) mass is 429 g/mol. The average molecular weight is 430 g/mol. The Labute approximate surface area is 171 Å². The lowest BCUT2D eigenvalue weighted by Gasteiger charge is -2.14. The predicted molar refractivity (Wildman–Crippen MR) is 115 cm³/mol. The Balaban J connectivity index is 1.95. The number of aryl methyl sites for hydroxylation is 1. The summed E-state index contributed by atoms with van der Waals surface area (Å²) in [6.07, 6.45) is 0.179. The van der Waals surface area contributed by atoms with Crippen LogP contribution in [-0.2, 0) is 16.9 Å². The van der Waals surface area contributed by atoms with Crippen LogP contribution in [0.25, 0.3) is 32.1 Å². The van der Waals surface area contributed by atoms with Gasteiger partial charge in [-0.1, -0.05) is 12.1 Å². The summed E-state index contributed by atoms with van der Waals surface area (Å²) in [6.45, 7) is -0.184. The standard InChI is InChI=1S/C21H19NO5S2/c1-22-16-7-8-17(24)18(19(16)15-9-11-28-20(15)21(22)25)13-3-5-14(6-4-13)29(26,27)12-2-10-23/h3-9,11,23-24H,2,10,12H2,1H3. The van der Waals surface area contributed by atoms with Crippen LogP contribution in [0.4, 0.5) is 0 Å². The Hall–Kier alpha value is -2.68. The number of rotatable bonds is 5. The Morgan fingerprint density at radius 3 is 2.48 bits per heavy atom. The second-order valence-electron chi connectivity index (χ2n) is 6.80. The number of aromatic nitrogens is 1. The zero-order chi connectivity index (χ0) is 20.8. The fourth-order valence-electron chi connectivity index (χ4n) is 3.56. The number of benzene rings is 2. The summed E-state index contributed by atoms with van der Waals surface area (Å²) < 4.78 is 26.9. The van der Waals surface area contributed by atoms with E-state index < -0.39 is 9.84 Å². The Morgan fingerprint density at radius 1 is 1.07 bits per heavy atom. The van der Waals surface area contributed by atoms with Crippen molar-refractivity contribution in [1.82, 2.24) is 4.57 Å². The maximum Gasteiger partial charge on any atom is 0.268 e. The minimum absolute atomic E-state index is 0.0551. The highest BCUT2D eigenvalue weighted by Crippen LogP contribution is 2.40. The molecular formula is C21H19NO5S2. The van der Waals surface area contributed by atoms with Crippen molar-refractivity contribution in [2.45, 2.75) is 11.3 Å². The van der Waals surface area contributed by atoms with Crippen molar-refractivity contribution in [3.05, 3.63) is 58.2 Å². The van der Waals surface area contributed by atoms with Crippen molar-refractivity contribution in [2.75, 3.05) is 12.4 Å². The van der Waals surface area contributed by atoms with Gasteiger partial charge in [-0.15, -0.1) is 11.3 Å². The molecule has 6 nitrogen and oxygen atoms in total. The molecule has 0 atom stereocenters. The number of phenolic OH excluding ortho intramolecular Hbond substituents is 1. The van der Waals surface area contributed by atoms with Gasteiger partial charge in [0.15, 0.2) is 9.84 Å². The third-order valence-corrected chi connectivity index (χ3v) is 7.75. The number of hydrogen-bond acceptors (Lipinski definition) is 6. The van der Waals surface area contributed by atoms with Crippen LogP contribution in [0, 0.1) is 0 Å². The van der Waals surface area contributed by atoms with E-state index in [0.29, 0.717) is 21.3 Å². The van der Waals surface area contributed by atoms with Crippen LogP contribution in [0.3, 0.4) is 0 Å². The predicted octanol–water partition coefficient (Wildman–Crippen LogP) is 3.28. The van der Waals surface area contributed by atoms with E-state index in [-0.39, 0.29) is 35.0 Å². The molecule has 150 valence electrons. The Morgan fingerprint density at radius 2 is 1.79 bits per heavy atom. The van der Waals surface area contributed by atoms with Gasteiger partial charge < -0.3 is 14.8 Å². The van der Waals surface area contributed by atoms with Gasteiger partial charge in [-0.3, -0.25) is 4.79 Å². The van der Waals surface area contributed by atoms with Crippen LogP contribution in [-0.4, -0.2) is 35.6 Å². The van der Waals surface area contributed by atoms with Crippen LogP contribution < -0.4 is 5.56 Å². The molecule has 0 spiro atoms. The van der Waals surface area contributed by atoms with E-state index in [0.717, 1.165) is 10.8 Å². The molecule has 2 aromatic carbocycles. The molecule has 4 rings (SSSR count). The van der Waals surface area contributed by atoms with Crippen LogP contribution >= 0.6 is 11.3 Å². The zero-order valence-corrected chi connectivity index (χ0v) is 17.3. The lowest BCUT2D eigenvalue weighted by molar-refractivity contribution is 0.295. The number of aliphatic hydroxyl groups excluding tert-OH is 1. The minimum Gasteiger partial charge on any atom is -0.507 e. The first-order valence-corrected chi connectivity index (χ1v) is 11.5. The third-order valence-electron chi connectivity index (χ3n) is 5.03. The van der Waals surface area contributed by atoms with Crippen molar-refractivity contribution in [3.63, 3.8) is 0 Å². The van der Waals surface area contributed by atoms with Gasteiger partial charge in [-0.05, 0) is 47.7 Å². The molecule has 0 unspecified atom stereocenters. The molecule has 0 aliphatic heterocycles. The summed E-state index contributed by atoms with van der Waals surface area (Å²) in [5.74, 6) is -0.0699. The van der Waals surface area contributed by atoms with Crippen molar-refractivity contribution >= 4 is 42.2 Å². The van der Waals surface area contributed by atoms with E-state index in [1.807, 2.05) is 11.4 Å². The second-order valence-corrected chi connectivity index (χ2v) is 9.83. The summed E-state index contributed by atoms with van der Waals surface area (Å²) in [6, 6.07) is 11.4. The molecule has 0 amide bonds. The minimum atomic E-state index is -3.48. The van der Waals surface area contributed by atoms with Gasteiger partial charge in [0.1, 0.15) is 10.4 Å². The summed E-state index contributed by atoms with van der Waals surface area (Å²) in [5, 5.41) is 22.9. The van der Waals surface area contributed by atoms with E-state index in [1.54, 1.807) is 35.9 Å². The van der Waals surface area contributed by atoms with Gasteiger partial charge in [-0.2, -0.15) is 0 Å². The lowest BCUT2D eigenvalue weighted by atomic mass is 9.97. The van der Waals surface area contributed by atoms with Crippen molar-refractivity contribution in [1.29, 1.82) is 0 Å². The first-order valence-electron chi connectivity index (χ1n) is 9.01. The number of nitrogens with zero attached hydrogens (tertiary/aromatic N) is 1. The van der Waals surface area contributed by atoms with E-state index >= 15 is 0 Å². The summed E-state index contributed by atoms with van der Waals surface area (Å²) in [5.41, 5.74) is 1.80. The van der Waals surface area contributed by atoms with E-state index in [2.05, 4.69) is 0 Å². The van der Waals surface area contributed by atoms with Crippen LogP contribution in [0.1, 0.15) is 6.42 Å². The maximum absolute atomic E-state index is 12.6. The lowest BCUT2D eigenvalue weighted by Crippen LogP contribution is -2.16. The SMILES string of the molecule is Cn1c(=O)c2sccc2c2c(-c3ccc(S(=O)(=O)CCCO)cc3)c(O)ccc21. The van der Waals surface area contributed by atoms with Gasteiger partial charge in [-0.25, -0.2) is 8.42 Å². The molecule has 0 fully saturated rings. The average Bonchev–Trinajstić information content (AvgIpc) is 3.20. The van der Waals surface area contributed by atoms with Gasteiger partial charge >= 0.3 is 0 Å². The van der Waals surface area contributed by atoms with Gasteiger partial charge in [0.25, 0.3) is 5.56 Å². The fourth-order valence-corrected chi connectivity index (χ4v) is 5.73. The summed E-state index contributed by atoms with van der Waals surface area (Å²) in [4.78, 5) is 12.8.